The molecule has 1 amide bonds. The molecule has 7 heteroatoms. The average molecular weight is 363 g/mol. The van der Waals surface area contributed by atoms with Crippen LogP contribution in [0.2, 0.25) is 0 Å². The first-order valence-corrected chi connectivity index (χ1v) is 8.27. The fraction of sp³-hybridized carbons (Fsp3) is 0.421. The number of nitrogens with zero attached hydrogens (tertiary/aromatic N) is 2. The van der Waals surface area contributed by atoms with Gasteiger partial charge in [0.05, 0.1) is 17.1 Å². The maximum atomic E-state index is 13.6. The Morgan fingerprint density at radius 1 is 1.15 bits per heavy atom. The standard InChI is InChI=1S/C19H23F2N3O2/c1-11-17(24-16(25)9-19(3,4)5)12(2)23-18(22-11)26-10-13-6-7-14(20)8-15(13)21/h6-8H,9-10H2,1-5H3,(H,24,25). The van der Waals surface area contributed by atoms with Crippen molar-refractivity contribution in [1.82, 2.24) is 9.97 Å². The molecule has 26 heavy (non-hydrogen) atoms. The highest BCUT2D eigenvalue weighted by Crippen LogP contribution is 2.23. The molecule has 1 heterocycles. The lowest BCUT2D eigenvalue weighted by atomic mass is 9.92. The summed E-state index contributed by atoms with van der Waals surface area (Å²) in [5, 5.41) is 2.83. The molecule has 0 aliphatic heterocycles. The Labute approximate surface area is 151 Å². The number of aromatic nitrogens is 2. The lowest BCUT2D eigenvalue weighted by molar-refractivity contribution is -0.117. The summed E-state index contributed by atoms with van der Waals surface area (Å²) in [5.41, 5.74) is 1.71. The molecule has 0 saturated carbocycles. The minimum Gasteiger partial charge on any atom is -0.458 e. The van der Waals surface area contributed by atoms with Crippen LogP contribution in [0.15, 0.2) is 18.2 Å². The van der Waals surface area contributed by atoms with Crippen molar-refractivity contribution < 1.29 is 18.3 Å². The summed E-state index contributed by atoms with van der Waals surface area (Å²) < 4.78 is 32.0. The Hall–Kier alpha value is -2.57. The first-order valence-electron chi connectivity index (χ1n) is 8.27. The summed E-state index contributed by atoms with van der Waals surface area (Å²) in [6.07, 6.45) is 0.369. The minimum absolute atomic E-state index is 0.0672. The number of amides is 1. The largest absolute Gasteiger partial charge is 0.458 e. The molecular weight excluding hydrogens is 340 g/mol. The molecular formula is C19H23F2N3O2. The van der Waals surface area contributed by atoms with Gasteiger partial charge in [-0.1, -0.05) is 20.8 Å². The van der Waals surface area contributed by atoms with Gasteiger partial charge in [0, 0.05) is 18.1 Å². The van der Waals surface area contributed by atoms with Gasteiger partial charge in [0.15, 0.2) is 0 Å². The van der Waals surface area contributed by atoms with E-state index in [1.807, 2.05) is 20.8 Å². The van der Waals surface area contributed by atoms with Crippen molar-refractivity contribution in [1.29, 1.82) is 0 Å². The maximum Gasteiger partial charge on any atom is 0.317 e. The third kappa shape index (κ3) is 5.47. The van der Waals surface area contributed by atoms with Gasteiger partial charge in [-0.15, -0.1) is 0 Å². The topological polar surface area (TPSA) is 64.1 Å². The molecule has 0 atom stereocenters. The van der Waals surface area contributed by atoms with E-state index in [0.717, 1.165) is 12.1 Å². The van der Waals surface area contributed by atoms with Crippen LogP contribution in [0.4, 0.5) is 14.5 Å². The average Bonchev–Trinajstić information content (AvgIpc) is 2.48. The molecule has 1 N–H and O–H groups in total. The maximum absolute atomic E-state index is 13.6. The van der Waals surface area contributed by atoms with Gasteiger partial charge < -0.3 is 10.1 Å². The van der Waals surface area contributed by atoms with Crippen molar-refractivity contribution in [3.63, 3.8) is 0 Å². The number of nitrogens with one attached hydrogen (secondary N) is 1. The van der Waals surface area contributed by atoms with E-state index < -0.39 is 11.6 Å². The van der Waals surface area contributed by atoms with Gasteiger partial charge in [-0.3, -0.25) is 4.79 Å². The van der Waals surface area contributed by atoms with Crippen molar-refractivity contribution in [2.24, 2.45) is 5.41 Å². The summed E-state index contributed by atoms with van der Waals surface area (Å²) in [7, 11) is 0. The van der Waals surface area contributed by atoms with Crippen LogP contribution in [-0.4, -0.2) is 15.9 Å². The molecule has 5 nitrogen and oxygen atoms in total. The highest BCUT2D eigenvalue weighted by atomic mass is 19.1. The van der Waals surface area contributed by atoms with E-state index in [0.29, 0.717) is 23.5 Å². The molecule has 0 saturated heterocycles. The SMILES string of the molecule is Cc1nc(OCc2ccc(F)cc2F)nc(C)c1NC(=O)CC(C)(C)C. The molecule has 0 fully saturated rings. The second kappa shape index (κ2) is 7.76. The first-order chi connectivity index (χ1) is 12.0. The summed E-state index contributed by atoms with van der Waals surface area (Å²) in [6.45, 7) is 9.27. The van der Waals surface area contributed by atoms with Gasteiger partial charge in [0.2, 0.25) is 5.91 Å². The monoisotopic (exact) mass is 363 g/mol. The molecule has 0 aliphatic carbocycles. The zero-order chi connectivity index (χ0) is 19.5. The van der Waals surface area contributed by atoms with Crippen molar-refractivity contribution in [2.75, 3.05) is 5.32 Å². The van der Waals surface area contributed by atoms with Crippen LogP contribution < -0.4 is 10.1 Å². The summed E-state index contributed by atoms with van der Waals surface area (Å²) >= 11 is 0. The number of hydrogen-bond donors (Lipinski definition) is 1. The number of ether oxygens (including phenoxy) is 1. The van der Waals surface area contributed by atoms with Crippen molar-refractivity contribution in [3.05, 3.63) is 46.8 Å². The van der Waals surface area contributed by atoms with E-state index in [2.05, 4.69) is 15.3 Å². The van der Waals surface area contributed by atoms with Crippen LogP contribution in [-0.2, 0) is 11.4 Å². The number of carbonyl (C=O) groups excluding carboxylic acids is 1. The van der Waals surface area contributed by atoms with Gasteiger partial charge in [-0.25, -0.2) is 8.78 Å². The number of anilines is 1. The molecule has 0 aliphatic rings. The van der Waals surface area contributed by atoms with E-state index in [1.165, 1.54) is 6.07 Å². The van der Waals surface area contributed by atoms with Gasteiger partial charge in [-0.2, -0.15) is 9.97 Å². The predicted molar refractivity (Wildman–Crippen MR) is 94.9 cm³/mol. The van der Waals surface area contributed by atoms with Crippen LogP contribution in [0.1, 0.15) is 44.1 Å². The number of halogens is 2. The Morgan fingerprint density at radius 3 is 2.31 bits per heavy atom. The summed E-state index contributed by atoms with van der Waals surface area (Å²) in [5.74, 6) is -1.46. The fourth-order valence-electron chi connectivity index (χ4n) is 2.38. The Balaban J connectivity index is 2.09. The van der Waals surface area contributed by atoms with E-state index in [4.69, 9.17) is 4.74 Å². The van der Waals surface area contributed by atoms with Crippen LogP contribution in [0.25, 0.3) is 0 Å². The van der Waals surface area contributed by atoms with Crippen LogP contribution >= 0.6 is 0 Å². The Bertz CT molecular complexity index is 794. The predicted octanol–water partition coefficient (Wildman–Crippen LogP) is 4.33. The highest BCUT2D eigenvalue weighted by Gasteiger charge is 2.18. The zero-order valence-corrected chi connectivity index (χ0v) is 15.6. The van der Waals surface area contributed by atoms with Gasteiger partial charge in [0.25, 0.3) is 0 Å². The van der Waals surface area contributed by atoms with Crippen LogP contribution in [0, 0.1) is 30.9 Å². The molecule has 0 unspecified atom stereocenters. The molecule has 1 aromatic heterocycles. The number of benzene rings is 1. The Morgan fingerprint density at radius 2 is 1.77 bits per heavy atom. The fourth-order valence-corrected chi connectivity index (χ4v) is 2.38. The molecule has 1 aromatic carbocycles. The smallest absolute Gasteiger partial charge is 0.317 e. The quantitative estimate of drug-likeness (QED) is 0.859. The second-order valence-corrected chi connectivity index (χ2v) is 7.36. The van der Waals surface area contributed by atoms with Gasteiger partial charge in [0.1, 0.15) is 18.2 Å². The molecule has 0 radical (unpaired) electrons. The second-order valence-electron chi connectivity index (χ2n) is 7.36. The zero-order valence-electron chi connectivity index (χ0n) is 15.6. The third-order valence-corrected chi connectivity index (χ3v) is 3.58. The number of rotatable bonds is 5. The van der Waals surface area contributed by atoms with Crippen LogP contribution in [0.3, 0.4) is 0 Å². The van der Waals surface area contributed by atoms with Crippen molar-refractivity contribution in [2.45, 2.75) is 47.6 Å². The normalized spacial score (nSPS) is 11.3. The summed E-state index contributed by atoms with van der Waals surface area (Å²) in [6, 6.07) is 3.33. The molecule has 0 bridgehead atoms. The van der Waals surface area contributed by atoms with E-state index in [9.17, 15) is 13.6 Å². The molecule has 2 aromatic rings. The lowest BCUT2D eigenvalue weighted by Gasteiger charge is -2.18. The van der Waals surface area contributed by atoms with E-state index in [1.54, 1.807) is 13.8 Å². The third-order valence-electron chi connectivity index (χ3n) is 3.58. The number of hydrogen-bond acceptors (Lipinski definition) is 4. The highest BCUT2D eigenvalue weighted by molar-refractivity contribution is 5.92. The first kappa shape index (κ1) is 19.8. The lowest BCUT2D eigenvalue weighted by Crippen LogP contribution is -2.21. The van der Waals surface area contributed by atoms with E-state index in [-0.39, 0.29) is 29.5 Å². The minimum atomic E-state index is -0.690. The summed E-state index contributed by atoms with van der Waals surface area (Å²) in [4.78, 5) is 20.5. The molecule has 2 rings (SSSR count). The molecule has 140 valence electrons. The van der Waals surface area contributed by atoms with Crippen molar-refractivity contribution >= 4 is 11.6 Å². The molecule has 0 spiro atoms. The van der Waals surface area contributed by atoms with Crippen molar-refractivity contribution in [3.8, 4) is 6.01 Å². The Kier molecular flexibility index (Phi) is 5.90. The van der Waals surface area contributed by atoms with Crippen LogP contribution in [0.5, 0.6) is 6.01 Å². The number of carbonyl (C=O) groups is 1. The van der Waals surface area contributed by atoms with E-state index >= 15 is 0 Å². The number of aryl methyl sites for hydroxylation is 2. The van der Waals surface area contributed by atoms with Gasteiger partial charge >= 0.3 is 6.01 Å². The van der Waals surface area contributed by atoms with Gasteiger partial charge in [-0.05, 0) is 31.4 Å².